The number of carbonyl (C=O) groups excluding carboxylic acids is 1. The van der Waals surface area contributed by atoms with E-state index in [1.807, 2.05) is 37.4 Å². The first-order chi connectivity index (χ1) is 10.2. The Kier molecular flexibility index (Phi) is 3.94. The van der Waals surface area contributed by atoms with Crippen molar-refractivity contribution in [3.05, 3.63) is 53.9 Å². The number of hydrogen-bond acceptors (Lipinski definition) is 3. The quantitative estimate of drug-likeness (QED) is 0.700. The number of nitrogens with zero attached hydrogens (tertiary/aromatic N) is 2. The molecule has 104 valence electrons. The summed E-state index contributed by atoms with van der Waals surface area (Å²) in [4.78, 5) is 18.8. The predicted octanol–water partition coefficient (Wildman–Crippen LogP) is 2.94. The lowest BCUT2D eigenvalue weighted by Crippen LogP contribution is -2.25. The van der Waals surface area contributed by atoms with Crippen LogP contribution in [0.25, 0.3) is 0 Å². The average Bonchev–Trinajstić information content (AvgIpc) is 2.66. The van der Waals surface area contributed by atoms with Gasteiger partial charge in [0.15, 0.2) is 0 Å². The summed E-state index contributed by atoms with van der Waals surface area (Å²) in [5.74, 6) is 7.24. The number of thioether (sulfide) groups is 1. The Balaban J connectivity index is 1.94. The Bertz CT molecular complexity index is 731. The van der Waals surface area contributed by atoms with Crippen molar-refractivity contribution in [2.24, 2.45) is 0 Å². The van der Waals surface area contributed by atoms with Crippen molar-refractivity contribution >= 4 is 23.4 Å². The van der Waals surface area contributed by atoms with Gasteiger partial charge in [-0.2, -0.15) is 0 Å². The normalized spacial score (nSPS) is 14.0. The van der Waals surface area contributed by atoms with Crippen molar-refractivity contribution in [3.63, 3.8) is 0 Å². The SMILES string of the molecule is CN1C(=O)CCSc2ccc(C#Cc3ccncc3)cc21. The third-order valence-electron chi connectivity index (χ3n) is 3.30. The van der Waals surface area contributed by atoms with E-state index in [9.17, 15) is 4.79 Å². The van der Waals surface area contributed by atoms with Crippen LogP contribution >= 0.6 is 11.8 Å². The maximum absolute atomic E-state index is 11.9. The Hall–Kier alpha value is -2.25. The number of fused-ring (bicyclic) bond motifs is 1. The molecule has 1 aliphatic heterocycles. The molecule has 0 unspecified atom stereocenters. The molecule has 1 aromatic heterocycles. The molecule has 3 nitrogen and oxygen atoms in total. The van der Waals surface area contributed by atoms with Crippen molar-refractivity contribution < 1.29 is 4.79 Å². The van der Waals surface area contributed by atoms with Gasteiger partial charge in [-0.05, 0) is 30.3 Å². The highest BCUT2D eigenvalue weighted by Gasteiger charge is 2.19. The third kappa shape index (κ3) is 3.09. The molecule has 0 spiro atoms. The molecule has 1 aromatic carbocycles. The minimum atomic E-state index is 0.153. The first-order valence-corrected chi connectivity index (χ1v) is 7.68. The van der Waals surface area contributed by atoms with E-state index in [0.29, 0.717) is 6.42 Å². The van der Waals surface area contributed by atoms with Crippen molar-refractivity contribution in [1.29, 1.82) is 0 Å². The maximum atomic E-state index is 11.9. The molecule has 0 atom stereocenters. The Morgan fingerprint density at radius 3 is 2.71 bits per heavy atom. The zero-order valence-electron chi connectivity index (χ0n) is 11.7. The van der Waals surface area contributed by atoms with Crippen LogP contribution in [0.5, 0.6) is 0 Å². The molecule has 2 aromatic rings. The summed E-state index contributed by atoms with van der Waals surface area (Å²) in [5.41, 5.74) is 2.79. The van der Waals surface area contributed by atoms with Crippen LogP contribution in [-0.4, -0.2) is 23.7 Å². The summed E-state index contributed by atoms with van der Waals surface area (Å²) in [5, 5.41) is 0. The van der Waals surface area contributed by atoms with Gasteiger partial charge in [0.2, 0.25) is 5.91 Å². The van der Waals surface area contributed by atoms with E-state index < -0.39 is 0 Å². The number of benzene rings is 1. The van der Waals surface area contributed by atoms with Crippen LogP contribution in [0.2, 0.25) is 0 Å². The lowest BCUT2D eigenvalue weighted by atomic mass is 10.1. The summed E-state index contributed by atoms with van der Waals surface area (Å²) in [6.07, 6.45) is 4.03. The lowest BCUT2D eigenvalue weighted by molar-refractivity contribution is -0.117. The van der Waals surface area contributed by atoms with Gasteiger partial charge in [0.25, 0.3) is 0 Å². The van der Waals surface area contributed by atoms with E-state index in [2.05, 4.69) is 16.8 Å². The molecule has 21 heavy (non-hydrogen) atoms. The zero-order chi connectivity index (χ0) is 14.7. The summed E-state index contributed by atoms with van der Waals surface area (Å²) >= 11 is 1.72. The Labute approximate surface area is 128 Å². The largest absolute Gasteiger partial charge is 0.314 e. The predicted molar refractivity (Wildman–Crippen MR) is 85.4 cm³/mol. The molecule has 0 saturated heterocycles. The van der Waals surface area contributed by atoms with E-state index >= 15 is 0 Å². The first kappa shape index (κ1) is 13.7. The Morgan fingerprint density at radius 1 is 1.14 bits per heavy atom. The van der Waals surface area contributed by atoms with E-state index in [4.69, 9.17) is 0 Å². The molecular weight excluding hydrogens is 280 g/mol. The van der Waals surface area contributed by atoms with E-state index in [1.54, 1.807) is 29.1 Å². The number of hydrogen-bond donors (Lipinski definition) is 0. The van der Waals surface area contributed by atoms with Crippen LogP contribution < -0.4 is 4.90 Å². The van der Waals surface area contributed by atoms with E-state index in [-0.39, 0.29) is 5.91 Å². The van der Waals surface area contributed by atoms with Gasteiger partial charge in [0.05, 0.1) is 5.69 Å². The summed E-state index contributed by atoms with van der Waals surface area (Å²) in [7, 11) is 1.83. The highest BCUT2D eigenvalue weighted by Crippen LogP contribution is 2.34. The maximum Gasteiger partial charge on any atom is 0.227 e. The summed E-state index contributed by atoms with van der Waals surface area (Å²) in [6, 6.07) is 9.79. The topological polar surface area (TPSA) is 33.2 Å². The average molecular weight is 294 g/mol. The molecule has 0 aliphatic carbocycles. The number of amides is 1. The van der Waals surface area contributed by atoms with Crippen LogP contribution in [0.1, 0.15) is 17.5 Å². The van der Waals surface area contributed by atoms with Gasteiger partial charge in [-0.25, -0.2) is 0 Å². The molecule has 1 aliphatic rings. The van der Waals surface area contributed by atoms with Crippen LogP contribution in [-0.2, 0) is 4.79 Å². The number of anilines is 1. The molecular formula is C17H14N2OS. The van der Waals surface area contributed by atoms with Gasteiger partial charge in [0.1, 0.15) is 0 Å². The molecule has 0 N–H and O–H groups in total. The highest BCUT2D eigenvalue weighted by atomic mass is 32.2. The fourth-order valence-corrected chi connectivity index (χ4v) is 3.11. The molecule has 3 rings (SSSR count). The fraction of sp³-hybridized carbons (Fsp3) is 0.176. The van der Waals surface area contributed by atoms with Gasteiger partial charge in [-0.3, -0.25) is 9.78 Å². The minimum Gasteiger partial charge on any atom is -0.314 e. The van der Waals surface area contributed by atoms with Crippen molar-refractivity contribution in [2.45, 2.75) is 11.3 Å². The monoisotopic (exact) mass is 294 g/mol. The molecule has 1 amide bonds. The standard InChI is InChI=1S/C17H14N2OS/c1-19-15-12-14(3-2-13-6-9-18-10-7-13)4-5-16(15)21-11-8-17(19)20/h4-7,9-10,12H,8,11H2,1H3. The summed E-state index contributed by atoms with van der Waals surface area (Å²) < 4.78 is 0. The van der Waals surface area contributed by atoms with Crippen molar-refractivity contribution in [2.75, 3.05) is 17.7 Å². The minimum absolute atomic E-state index is 0.153. The molecule has 0 saturated carbocycles. The first-order valence-electron chi connectivity index (χ1n) is 6.69. The van der Waals surface area contributed by atoms with Crippen LogP contribution in [0.4, 0.5) is 5.69 Å². The molecule has 4 heteroatoms. The van der Waals surface area contributed by atoms with Gasteiger partial charge in [-0.15, -0.1) is 11.8 Å². The van der Waals surface area contributed by atoms with Gasteiger partial charge < -0.3 is 4.90 Å². The fourth-order valence-electron chi connectivity index (χ4n) is 2.11. The highest BCUT2D eigenvalue weighted by molar-refractivity contribution is 7.99. The van der Waals surface area contributed by atoms with E-state index in [0.717, 1.165) is 27.5 Å². The number of rotatable bonds is 0. The van der Waals surface area contributed by atoms with Crippen molar-refractivity contribution in [3.8, 4) is 11.8 Å². The third-order valence-corrected chi connectivity index (χ3v) is 4.36. The lowest BCUT2D eigenvalue weighted by Gasteiger charge is -2.17. The van der Waals surface area contributed by atoms with Gasteiger partial charge >= 0.3 is 0 Å². The molecule has 0 bridgehead atoms. The second-order valence-electron chi connectivity index (χ2n) is 4.72. The van der Waals surface area contributed by atoms with Gasteiger partial charge in [0, 0.05) is 47.6 Å². The van der Waals surface area contributed by atoms with Gasteiger partial charge in [-0.1, -0.05) is 11.8 Å². The van der Waals surface area contributed by atoms with Crippen LogP contribution in [0, 0.1) is 11.8 Å². The number of carbonyl (C=O) groups is 1. The smallest absolute Gasteiger partial charge is 0.227 e. The van der Waals surface area contributed by atoms with Crippen LogP contribution in [0.3, 0.4) is 0 Å². The van der Waals surface area contributed by atoms with Crippen molar-refractivity contribution in [1.82, 2.24) is 4.98 Å². The van der Waals surface area contributed by atoms with Crippen LogP contribution in [0.15, 0.2) is 47.6 Å². The zero-order valence-corrected chi connectivity index (χ0v) is 12.5. The second-order valence-corrected chi connectivity index (χ2v) is 5.86. The molecule has 0 radical (unpaired) electrons. The second kappa shape index (κ2) is 6.02. The molecule has 2 heterocycles. The summed E-state index contributed by atoms with van der Waals surface area (Å²) in [6.45, 7) is 0. The number of aromatic nitrogens is 1. The molecule has 0 fully saturated rings. The van der Waals surface area contributed by atoms with E-state index in [1.165, 1.54) is 0 Å². The Morgan fingerprint density at radius 2 is 1.90 bits per heavy atom. The number of pyridine rings is 1.